The molecule has 1 aromatic rings. The van der Waals surface area contributed by atoms with Gasteiger partial charge in [-0.15, -0.1) is 12.4 Å². The van der Waals surface area contributed by atoms with Crippen molar-refractivity contribution in [2.45, 2.75) is 18.4 Å². The van der Waals surface area contributed by atoms with Gasteiger partial charge in [-0.25, -0.2) is 4.39 Å². The molecule has 4 N–H and O–H groups in total. The predicted octanol–water partition coefficient (Wildman–Crippen LogP) is 3.24. The van der Waals surface area contributed by atoms with E-state index in [0.717, 1.165) is 0 Å². The lowest BCUT2D eigenvalue weighted by atomic mass is 9.97. The Morgan fingerprint density at radius 3 is 1.85 bits per heavy atom. The van der Waals surface area contributed by atoms with Gasteiger partial charge in [0, 0.05) is 18.2 Å². The maximum Gasteiger partial charge on any atom is 0.416 e. The second-order valence-corrected chi connectivity index (χ2v) is 3.76. The van der Waals surface area contributed by atoms with Crippen LogP contribution in [0, 0.1) is 5.82 Å². The van der Waals surface area contributed by atoms with Crippen molar-refractivity contribution >= 4 is 12.4 Å². The Bertz CT molecular complexity index is 470. The second-order valence-electron chi connectivity index (χ2n) is 3.76. The van der Waals surface area contributed by atoms with E-state index in [4.69, 9.17) is 11.5 Å². The third-order valence-electron chi connectivity index (χ3n) is 2.39. The van der Waals surface area contributed by atoms with E-state index in [0.29, 0.717) is 0 Å². The van der Waals surface area contributed by atoms with Gasteiger partial charge in [0.1, 0.15) is 5.82 Å². The quantitative estimate of drug-likeness (QED) is 0.820. The standard InChI is InChI=1S/C10H9F7N2.ClH/c11-6-2-4(9(12,13)14)1-5(10(15,16)17)8(6)7(19)3-18;/h1-2,7H,3,18-19H2;1H/t7-;/m0./s1. The lowest BCUT2D eigenvalue weighted by Gasteiger charge is -2.20. The highest BCUT2D eigenvalue weighted by Crippen LogP contribution is 2.39. The fourth-order valence-corrected chi connectivity index (χ4v) is 1.51. The van der Waals surface area contributed by atoms with Crippen molar-refractivity contribution in [3.8, 4) is 0 Å². The fraction of sp³-hybridized carbons (Fsp3) is 0.400. The van der Waals surface area contributed by atoms with E-state index in [1.807, 2.05) is 0 Å². The van der Waals surface area contributed by atoms with Crippen molar-refractivity contribution in [2.75, 3.05) is 6.54 Å². The van der Waals surface area contributed by atoms with E-state index < -0.39 is 47.4 Å². The van der Waals surface area contributed by atoms with Gasteiger partial charge in [-0.2, -0.15) is 26.3 Å². The summed E-state index contributed by atoms with van der Waals surface area (Å²) in [6.45, 7) is -0.536. The molecule has 0 spiro atoms. The zero-order valence-electron chi connectivity index (χ0n) is 9.65. The highest BCUT2D eigenvalue weighted by atomic mass is 35.5. The van der Waals surface area contributed by atoms with Gasteiger partial charge in [0.05, 0.1) is 11.1 Å². The predicted molar refractivity (Wildman–Crippen MR) is 59.6 cm³/mol. The van der Waals surface area contributed by atoms with Crippen LogP contribution in [-0.2, 0) is 12.4 Å². The smallest absolute Gasteiger partial charge is 0.329 e. The molecular weight excluding hydrogens is 317 g/mol. The molecule has 0 unspecified atom stereocenters. The number of rotatable bonds is 2. The fourth-order valence-electron chi connectivity index (χ4n) is 1.51. The Morgan fingerprint density at radius 2 is 1.50 bits per heavy atom. The zero-order chi connectivity index (χ0) is 15.0. The first-order valence-electron chi connectivity index (χ1n) is 4.92. The molecule has 0 aliphatic carbocycles. The molecule has 0 aromatic heterocycles. The van der Waals surface area contributed by atoms with Crippen LogP contribution in [0.3, 0.4) is 0 Å². The molecule has 0 radical (unpaired) electrons. The molecule has 0 amide bonds. The third-order valence-corrected chi connectivity index (χ3v) is 2.39. The first kappa shape index (κ1) is 18.9. The minimum atomic E-state index is -5.16. The van der Waals surface area contributed by atoms with Crippen LogP contribution < -0.4 is 11.5 Å². The summed E-state index contributed by atoms with van der Waals surface area (Å²) in [5.41, 5.74) is 5.67. The van der Waals surface area contributed by atoms with Crippen LogP contribution in [0.15, 0.2) is 12.1 Å². The molecule has 1 rings (SSSR count). The number of alkyl halides is 6. The van der Waals surface area contributed by atoms with Gasteiger partial charge >= 0.3 is 12.4 Å². The van der Waals surface area contributed by atoms with Crippen LogP contribution in [0.5, 0.6) is 0 Å². The number of hydrogen-bond acceptors (Lipinski definition) is 2. The van der Waals surface area contributed by atoms with Crippen LogP contribution in [0.2, 0.25) is 0 Å². The van der Waals surface area contributed by atoms with E-state index in [-0.39, 0.29) is 24.5 Å². The third kappa shape index (κ3) is 3.97. The minimum absolute atomic E-state index is 0. The molecule has 0 fully saturated rings. The molecule has 116 valence electrons. The molecule has 10 heteroatoms. The molecule has 0 heterocycles. The summed E-state index contributed by atoms with van der Waals surface area (Å²) < 4.78 is 88.5. The van der Waals surface area contributed by atoms with Gasteiger partial charge in [0.2, 0.25) is 0 Å². The van der Waals surface area contributed by atoms with Gasteiger partial charge in [-0.05, 0) is 12.1 Å². The van der Waals surface area contributed by atoms with Gasteiger partial charge in [-0.1, -0.05) is 0 Å². The average Bonchev–Trinajstić information content (AvgIpc) is 2.24. The maximum atomic E-state index is 13.5. The summed E-state index contributed by atoms with van der Waals surface area (Å²) in [4.78, 5) is 0. The Labute approximate surface area is 115 Å². The van der Waals surface area contributed by atoms with Crippen molar-refractivity contribution in [1.29, 1.82) is 0 Å². The van der Waals surface area contributed by atoms with Crippen LogP contribution in [-0.4, -0.2) is 6.54 Å². The monoisotopic (exact) mass is 326 g/mol. The Balaban J connectivity index is 0.00000361. The molecule has 1 aromatic carbocycles. The molecule has 0 aliphatic heterocycles. The number of hydrogen-bond donors (Lipinski definition) is 2. The number of halogens is 8. The molecule has 0 saturated carbocycles. The Hall–Kier alpha value is -1.06. The Morgan fingerprint density at radius 1 is 1.00 bits per heavy atom. The molecule has 0 aliphatic rings. The van der Waals surface area contributed by atoms with Crippen LogP contribution in [0.1, 0.15) is 22.7 Å². The first-order chi connectivity index (χ1) is 8.48. The average molecular weight is 327 g/mol. The molecule has 0 bridgehead atoms. The van der Waals surface area contributed by atoms with Crippen molar-refractivity contribution in [1.82, 2.24) is 0 Å². The summed E-state index contributed by atoms with van der Waals surface area (Å²) in [6, 6.07) is -1.74. The lowest BCUT2D eigenvalue weighted by Crippen LogP contribution is -2.26. The molecular formula is C10H10ClF7N2. The summed E-state index contributed by atoms with van der Waals surface area (Å²) in [5.74, 6) is -1.68. The minimum Gasteiger partial charge on any atom is -0.329 e. The van der Waals surface area contributed by atoms with Crippen molar-refractivity contribution in [2.24, 2.45) is 11.5 Å². The van der Waals surface area contributed by atoms with E-state index in [1.165, 1.54) is 0 Å². The van der Waals surface area contributed by atoms with Crippen molar-refractivity contribution < 1.29 is 30.7 Å². The van der Waals surface area contributed by atoms with E-state index in [2.05, 4.69) is 0 Å². The van der Waals surface area contributed by atoms with Gasteiger partial charge < -0.3 is 11.5 Å². The summed E-state index contributed by atoms with van der Waals surface area (Å²) in [7, 11) is 0. The number of benzene rings is 1. The zero-order valence-corrected chi connectivity index (χ0v) is 10.5. The van der Waals surface area contributed by atoms with Gasteiger partial charge in [0.15, 0.2) is 0 Å². The highest BCUT2D eigenvalue weighted by Gasteiger charge is 2.40. The normalized spacial score (nSPS) is 13.8. The summed E-state index contributed by atoms with van der Waals surface area (Å²) in [5, 5.41) is 0. The van der Waals surface area contributed by atoms with E-state index >= 15 is 0 Å². The topological polar surface area (TPSA) is 52.0 Å². The van der Waals surface area contributed by atoms with Crippen LogP contribution >= 0.6 is 12.4 Å². The Kier molecular flexibility index (Phi) is 5.82. The molecule has 20 heavy (non-hydrogen) atoms. The molecule has 2 nitrogen and oxygen atoms in total. The number of nitrogens with two attached hydrogens (primary N) is 2. The van der Waals surface area contributed by atoms with Crippen LogP contribution in [0.25, 0.3) is 0 Å². The second kappa shape index (κ2) is 6.15. The van der Waals surface area contributed by atoms with E-state index in [9.17, 15) is 30.7 Å². The van der Waals surface area contributed by atoms with Crippen LogP contribution in [0.4, 0.5) is 30.7 Å². The van der Waals surface area contributed by atoms with Crippen molar-refractivity contribution in [3.05, 3.63) is 34.6 Å². The highest BCUT2D eigenvalue weighted by molar-refractivity contribution is 5.85. The SMILES string of the molecule is Cl.NC[C@H](N)c1c(F)cc(C(F)(F)F)cc1C(F)(F)F. The van der Waals surface area contributed by atoms with Gasteiger partial charge in [0.25, 0.3) is 0 Å². The van der Waals surface area contributed by atoms with Gasteiger partial charge in [-0.3, -0.25) is 0 Å². The van der Waals surface area contributed by atoms with E-state index in [1.54, 1.807) is 0 Å². The lowest BCUT2D eigenvalue weighted by molar-refractivity contribution is -0.144. The summed E-state index contributed by atoms with van der Waals surface area (Å²) in [6.07, 6.45) is -10.3. The summed E-state index contributed by atoms with van der Waals surface area (Å²) >= 11 is 0. The maximum absolute atomic E-state index is 13.5. The molecule has 1 atom stereocenters. The van der Waals surface area contributed by atoms with Crippen molar-refractivity contribution in [3.63, 3.8) is 0 Å². The largest absolute Gasteiger partial charge is 0.416 e. The first-order valence-corrected chi connectivity index (χ1v) is 4.92. The molecule has 0 saturated heterocycles.